The van der Waals surface area contributed by atoms with E-state index in [1.807, 2.05) is 0 Å². The first-order chi connectivity index (χ1) is 60.3. The van der Waals surface area contributed by atoms with Gasteiger partial charge in [0.25, 0.3) is 0 Å². The number of quaternary nitrogens is 4. The van der Waals surface area contributed by atoms with Crippen LogP contribution in [0, 0.1) is 0 Å². The quantitative estimate of drug-likeness (QED) is 0.0187. The van der Waals surface area contributed by atoms with Crippen LogP contribution in [0.1, 0.15) is 620 Å². The average Bonchev–Trinajstić information content (AvgIpc) is 0.894. The molecule has 4 nitrogen and oxygen atoms in total. The molecule has 746 valence electrons. The Labute approximate surface area is 868 Å². The second kappa shape index (κ2) is 111. The molecule has 0 N–H and O–H groups in total. The minimum absolute atomic E-state index is 0. The fourth-order valence-corrected chi connectivity index (χ4v) is 19.9. The molecule has 0 amide bonds. The first-order valence-corrected chi connectivity index (χ1v) is 60.2. The van der Waals surface area contributed by atoms with Gasteiger partial charge < -0.3 is 166 Å². The van der Waals surface area contributed by atoms with Gasteiger partial charge in [-0.3, -0.25) is 0 Å². The third-order valence-electron chi connectivity index (χ3n) is 26.3. The van der Waals surface area contributed by atoms with Gasteiger partial charge in [0.05, 0.1) is 52.4 Å². The van der Waals surface area contributed by atoms with E-state index in [1.54, 1.807) is 0 Å². The summed E-state index contributed by atoms with van der Waals surface area (Å²) in [6.45, 7) is 26.0. The Balaban J connectivity index is -0.000000511. The molecule has 0 atom stereocenters. The van der Waals surface area contributed by atoms with Crippen molar-refractivity contribution in [2.45, 2.75) is 620 Å². The van der Waals surface area contributed by atoms with E-state index < -0.39 is 0 Å². The maximum absolute atomic E-state index is 5.86. The predicted molar refractivity (Wildman–Crippen MR) is 601 cm³/mol. The first-order valence-electron chi connectivity index (χ1n) is 55.4. The summed E-state index contributed by atoms with van der Waals surface area (Å²) < 4.78 is 4.09. The van der Waals surface area contributed by atoms with E-state index in [0.717, 1.165) is 52.4 Å². The Kier molecular flexibility index (Phi) is 121. The minimum atomic E-state index is 0. The smallest absolute Gasteiger partial charge is 0.489 e. The summed E-state index contributed by atoms with van der Waals surface area (Å²) in [4.78, 5) is 0. The Hall–Kier alpha value is 3.17. The van der Waals surface area contributed by atoms with Crippen LogP contribution in [0.4, 0.5) is 0 Å². The molecule has 0 aromatic carbocycles. The summed E-state index contributed by atoms with van der Waals surface area (Å²) >= 11 is 66.4. The third kappa shape index (κ3) is 103. The van der Waals surface area contributed by atoms with E-state index in [9.17, 15) is 0 Å². The van der Waals surface area contributed by atoms with Crippen molar-refractivity contribution in [3.05, 3.63) is 0 Å². The molecule has 0 saturated heterocycles. The molecule has 0 unspecified atom stereocenters. The SMILES string of the molecule is CCCCCCCCCCCCC[N+]([S-])(CCCCCCCCCCCCC)C(=S)[S-].CCCCCCCCCCCCC[N+]([S-])(CCCCCCCCCCCCC)C(=S)[S-].CCCCCCCCCCCCC[N+]([S-])(CCCCCCCCCCCCC)C(=S)[S-].CCCCCCCCCCCCC[N+]([S-])(CCCCCCCCCCCCC)C(=S)[S-].[Mo+4]. The van der Waals surface area contributed by atoms with Crippen LogP contribution in [0.15, 0.2) is 0 Å². The Morgan fingerprint density at radius 2 is 0.184 bits per heavy atom. The Morgan fingerprint density at radius 1 is 0.128 bits per heavy atom. The van der Waals surface area contributed by atoms with Crippen LogP contribution in [0.5, 0.6) is 0 Å². The Morgan fingerprint density at radius 3 is 0.240 bits per heavy atom. The van der Waals surface area contributed by atoms with E-state index in [1.165, 1.54) is 565 Å². The molecule has 0 aromatic heterocycles. The van der Waals surface area contributed by atoms with Crippen molar-refractivity contribution >= 4 is 168 Å². The molecule has 125 heavy (non-hydrogen) atoms. The minimum Gasteiger partial charge on any atom is -0.489 e. The monoisotopic (exact) mass is 2050 g/mol. The number of hydrogen-bond donors (Lipinski definition) is 0. The molecular formula is C108H216MoN4S12. The van der Waals surface area contributed by atoms with Crippen molar-refractivity contribution in [3.8, 4) is 0 Å². The van der Waals surface area contributed by atoms with Gasteiger partial charge in [-0.05, 0) is 103 Å². The molecule has 17 heteroatoms. The molecular weight excluding hydrogens is 1830 g/mol. The van der Waals surface area contributed by atoms with Crippen molar-refractivity contribution in [3.63, 3.8) is 0 Å². The molecule has 0 rings (SSSR count). The van der Waals surface area contributed by atoms with Crippen LogP contribution >= 0.6 is 48.9 Å². The van der Waals surface area contributed by atoms with Crippen LogP contribution in [0.3, 0.4) is 0 Å². The van der Waals surface area contributed by atoms with Crippen molar-refractivity contribution in [2.24, 2.45) is 0 Å². The summed E-state index contributed by atoms with van der Waals surface area (Å²) in [5.41, 5.74) is 0. The maximum atomic E-state index is 5.86. The zero-order chi connectivity index (χ0) is 92.2. The fourth-order valence-electron chi connectivity index (χ4n) is 17.4. The molecule has 0 aliphatic carbocycles. The van der Waals surface area contributed by atoms with Gasteiger partial charge in [0.2, 0.25) is 0 Å². The van der Waals surface area contributed by atoms with E-state index in [2.05, 4.69) is 55.4 Å². The molecule has 0 bridgehead atoms. The van der Waals surface area contributed by atoms with Crippen LogP contribution in [-0.4, -0.2) is 85.2 Å². The van der Waals surface area contributed by atoms with E-state index in [-0.39, 0.29) is 21.1 Å². The predicted octanol–water partition coefficient (Wildman–Crippen LogP) is 38.9. The van der Waals surface area contributed by atoms with Crippen LogP contribution < -0.4 is 0 Å². The summed E-state index contributed by atoms with van der Waals surface area (Å²) in [5.74, 6) is 0. The normalized spacial score (nSPS) is 11.7. The average molecular weight is 2050 g/mol. The number of nitrogens with zero attached hydrogens (tertiary/aromatic N) is 4. The topological polar surface area (TPSA) is 0 Å². The van der Waals surface area contributed by atoms with Gasteiger partial charge in [0, 0.05) is 17.3 Å². The fraction of sp³-hybridized carbons (Fsp3) is 0.963. The first kappa shape index (κ1) is 137. The van der Waals surface area contributed by atoms with Gasteiger partial charge in [-0.1, -0.05) is 518 Å². The molecule has 0 saturated carbocycles. The van der Waals surface area contributed by atoms with Gasteiger partial charge in [0.1, 0.15) is 0 Å². The van der Waals surface area contributed by atoms with Crippen LogP contribution in [0.2, 0.25) is 0 Å². The Bertz CT molecular complexity index is 1740. The largest absolute Gasteiger partial charge is 4.00 e. The molecule has 0 fully saturated rings. The maximum Gasteiger partial charge on any atom is 4.00 e. The number of rotatable bonds is 96. The standard InChI is InChI=1S/4C27H55NS3.Mo/c4*1-3-5-7-9-11-13-15-17-19-21-23-25-28(31,27(29)30)26-24-22-20-18-16-14-12-10-8-6-4-2;/h4*3-26H2,1-2H3,(H,29,30);/q;;;;+4/p-4. The van der Waals surface area contributed by atoms with Crippen LogP contribution in [0.25, 0.3) is 0 Å². The second-order valence-electron chi connectivity index (χ2n) is 38.7. The molecule has 0 spiro atoms. The molecule has 0 radical (unpaired) electrons. The van der Waals surface area contributed by atoms with E-state index in [0.29, 0.717) is 32.8 Å². The zero-order valence-corrected chi connectivity index (χ0v) is 96.8. The summed E-state index contributed by atoms with van der Waals surface area (Å²) in [6, 6.07) is 0. The number of hydrogen-bond acceptors (Lipinski definition) is 12. The molecule has 0 aliphatic rings. The summed E-state index contributed by atoms with van der Waals surface area (Å²) in [7, 11) is 0. The van der Waals surface area contributed by atoms with Gasteiger partial charge >= 0.3 is 21.1 Å². The summed E-state index contributed by atoms with van der Waals surface area (Å²) in [6.07, 6.45) is 120. The second-order valence-corrected chi connectivity index (χ2v) is 45.6. The van der Waals surface area contributed by atoms with Gasteiger partial charge in [-0.2, -0.15) is 0 Å². The summed E-state index contributed by atoms with van der Waals surface area (Å²) in [5, 5.41) is 0. The zero-order valence-electron chi connectivity index (χ0n) is 85.0. The van der Waals surface area contributed by atoms with Crippen molar-refractivity contribution in [2.75, 3.05) is 52.4 Å². The third-order valence-corrected chi connectivity index (χ3v) is 32.2. The number of unbranched alkanes of at least 4 members (excludes halogenated alkanes) is 80. The van der Waals surface area contributed by atoms with Gasteiger partial charge in [-0.25, -0.2) is 0 Å². The van der Waals surface area contributed by atoms with Crippen LogP contribution in [-0.2, 0) is 123 Å². The molecule has 0 heterocycles. The van der Waals surface area contributed by atoms with Gasteiger partial charge in [0.15, 0.2) is 0 Å². The molecule has 0 aliphatic heterocycles. The molecule has 0 aromatic rings. The van der Waals surface area contributed by atoms with Crippen molar-refractivity contribution in [1.82, 2.24) is 0 Å². The van der Waals surface area contributed by atoms with Gasteiger partial charge in [-0.15, -0.1) is 0 Å². The van der Waals surface area contributed by atoms with Crippen molar-refractivity contribution < 1.29 is 36.6 Å². The number of thiocarbonyl (C=S) groups is 4. The van der Waals surface area contributed by atoms with E-state index >= 15 is 0 Å². The van der Waals surface area contributed by atoms with Crippen molar-refractivity contribution in [1.29, 1.82) is 0 Å². The van der Waals surface area contributed by atoms with E-state index in [4.69, 9.17) is 151 Å².